The molecule has 4 atom stereocenters. The van der Waals surface area contributed by atoms with Crippen LogP contribution in [0, 0.1) is 17.8 Å². The van der Waals surface area contributed by atoms with Gasteiger partial charge in [0.05, 0.1) is 0 Å². The number of carbonyl (C=O) groups is 1. The molecule has 31 heavy (non-hydrogen) atoms. The van der Waals surface area contributed by atoms with Crippen LogP contribution in [0.4, 0.5) is 0 Å². The molecule has 0 unspecified atom stereocenters. The summed E-state index contributed by atoms with van der Waals surface area (Å²) in [6.45, 7) is 3.08. The molecule has 2 aromatic rings. The predicted octanol–water partition coefficient (Wildman–Crippen LogP) is 4.01. The number of amides is 1. The SMILES string of the molecule is O=C(c1cccc2ncnn12)N1C[C@H]2C[C@@H](C1)[C@H](CC1CCCCC1)N1CCCC[C@@H]21. The normalized spacial score (nSPS) is 32.2. The molecule has 166 valence electrons. The van der Waals surface area contributed by atoms with Crippen LogP contribution in [0.1, 0.15) is 74.7 Å². The van der Waals surface area contributed by atoms with Gasteiger partial charge >= 0.3 is 0 Å². The molecule has 1 saturated carbocycles. The molecule has 0 radical (unpaired) electrons. The molecule has 2 aromatic heterocycles. The lowest BCUT2D eigenvalue weighted by Crippen LogP contribution is -2.64. The van der Waals surface area contributed by atoms with Crippen molar-refractivity contribution >= 4 is 11.6 Å². The minimum Gasteiger partial charge on any atom is -0.337 e. The van der Waals surface area contributed by atoms with E-state index in [9.17, 15) is 4.79 Å². The highest BCUT2D eigenvalue weighted by Gasteiger charge is 2.48. The maximum Gasteiger partial charge on any atom is 0.272 e. The molecule has 3 aliphatic heterocycles. The molecule has 6 rings (SSSR count). The van der Waals surface area contributed by atoms with Gasteiger partial charge in [0.15, 0.2) is 5.65 Å². The minimum absolute atomic E-state index is 0.131. The van der Waals surface area contributed by atoms with Crippen LogP contribution in [-0.4, -0.2) is 62.0 Å². The molecule has 0 spiro atoms. The van der Waals surface area contributed by atoms with Gasteiger partial charge in [-0.3, -0.25) is 9.69 Å². The zero-order valence-electron chi connectivity index (χ0n) is 18.5. The second-order valence-electron chi connectivity index (χ2n) is 10.5. The fraction of sp³-hybridized carbons (Fsp3) is 0.720. The van der Waals surface area contributed by atoms with E-state index in [0.29, 0.717) is 29.6 Å². The molecule has 4 aliphatic rings. The number of aromatic nitrogens is 3. The number of nitrogens with zero attached hydrogens (tertiary/aromatic N) is 5. The van der Waals surface area contributed by atoms with Crippen LogP contribution in [-0.2, 0) is 0 Å². The van der Waals surface area contributed by atoms with Gasteiger partial charge in [-0.25, -0.2) is 9.50 Å². The van der Waals surface area contributed by atoms with Crippen molar-refractivity contribution in [3.05, 3.63) is 30.2 Å². The molecule has 4 fully saturated rings. The van der Waals surface area contributed by atoms with Crippen molar-refractivity contribution in [2.75, 3.05) is 19.6 Å². The summed E-state index contributed by atoms with van der Waals surface area (Å²) in [6.07, 6.45) is 15.3. The van der Waals surface area contributed by atoms with Gasteiger partial charge in [-0.15, -0.1) is 0 Å². The fourth-order valence-electron chi connectivity index (χ4n) is 7.33. The topological polar surface area (TPSA) is 53.7 Å². The van der Waals surface area contributed by atoms with Crippen LogP contribution in [0.2, 0.25) is 0 Å². The Labute approximate surface area is 185 Å². The van der Waals surface area contributed by atoms with Gasteiger partial charge < -0.3 is 4.90 Å². The molecule has 0 aromatic carbocycles. The van der Waals surface area contributed by atoms with Crippen LogP contribution in [0.3, 0.4) is 0 Å². The lowest BCUT2D eigenvalue weighted by Gasteiger charge is -2.57. The van der Waals surface area contributed by atoms with Crippen molar-refractivity contribution in [1.29, 1.82) is 0 Å². The summed E-state index contributed by atoms with van der Waals surface area (Å²) >= 11 is 0. The van der Waals surface area contributed by atoms with E-state index in [4.69, 9.17) is 0 Å². The number of carbonyl (C=O) groups excluding carboxylic acids is 1. The van der Waals surface area contributed by atoms with Gasteiger partial charge in [0.1, 0.15) is 12.0 Å². The number of hydrogen-bond donors (Lipinski definition) is 0. The smallest absolute Gasteiger partial charge is 0.272 e. The zero-order valence-corrected chi connectivity index (χ0v) is 18.5. The Hall–Kier alpha value is -1.95. The average molecular weight is 422 g/mol. The van der Waals surface area contributed by atoms with Crippen LogP contribution in [0.5, 0.6) is 0 Å². The second kappa shape index (κ2) is 8.19. The van der Waals surface area contributed by atoms with Crippen LogP contribution >= 0.6 is 0 Å². The van der Waals surface area contributed by atoms with E-state index in [0.717, 1.165) is 24.7 Å². The maximum atomic E-state index is 13.6. The highest BCUT2D eigenvalue weighted by atomic mass is 16.2. The van der Waals surface area contributed by atoms with Crippen molar-refractivity contribution in [3.63, 3.8) is 0 Å². The first kappa shape index (κ1) is 19.7. The summed E-state index contributed by atoms with van der Waals surface area (Å²) in [5.74, 6) is 2.27. The van der Waals surface area contributed by atoms with Crippen molar-refractivity contribution in [2.45, 2.75) is 76.3 Å². The number of hydrogen-bond acceptors (Lipinski definition) is 4. The summed E-state index contributed by atoms with van der Waals surface area (Å²) in [5, 5.41) is 4.31. The van der Waals surface area contributed by atoms with Gasteiger partial charge in [0, 0.05) is 25.2 Å². The zero-order chi connectivity index (χ0) is 20.8. The maximum absolute atomic E-state index is 13.6. The van der Waals surface area contributed by atoms with Crippen LogP contribution in [0.15, 0.2) is 24.5 Å². The minimum atomic E-state index is 0.131. The van der Waals surface area contributed by atoms with Crippen molar-refractivity contribution in [3.8, 4) is 0 Å². The first-order valence-corrected chi connectivity index (χ1v) is 12.6. The van der Waals surface area contributed by atoms with Gasteiger partial charge in [-0.05, 0) is 62.1 Å². The first-order valence-electron chi connectivity index (χ1n) is 12.6. The van der Waals surface area contributed by atoms with E-state index >= 15 is 0 Å². The summed E-state index contributed by atoms with van der Waals surface area (Å²) in [4.78, 5) is 23.0. The summed E-state index contributed by atoms with van der Waals surface area (Å²) < 4.78 is 1.71. The number of fused-ring (bicyclic) bond motifs is 5. The van der Waals surface area contributed by atoms with E-state index < -0.39 is 0 Å². The Morgan fingerprint density at radius 2 is 1.84 bits per heavy atom. The van der Waals surface area contributed by atoms with E-state index in [2.05, 4.69) is 19.9 Å². The summed E-state index contributed by atoms with van der Waals surface area (Å²) in [5.41, 5.74) is 1.40. The lowest BCUT2D eigenvalue weighted by atomic mass is 9.69. The number of piperidine rings is 3. The average Bonchev–Trinajstić information content (AvgIpc) is 3.31. The third-order valence-corrected chi connectivity index (χ3v) is 8.73. The van der Waals surface area contributed by atoms with E-state index in [1.54, 1.807) is 4.52 Å². The fourth-order valence-corrected chi connectivity index (χ4v) is 7.33. The highest BCUT2D eigenvalue weighted by Crippen LogP contribution is 2.44. The second-order valence-corrected chi connectivity index (χ2v) is 10.5. The lowest BCUT2D eigenvalue weighted by molar-refractivity contribution is -0.0726. The molecule has 1 amide bonds. The first-order chi connectivity index (χ1) is 15.3. The highest BCUT2D eigenvalue weighted by molar-refractivity contribution is 5.93. The van der Waals surface area contributed by atoms with E-state index in [1.807, 2.05) is 18.2 Å². The number of likely N-dealkylation sites (tertiary alicyclic amines) is 1. The Balaban J connectivity index is 1.27. The van der Waals surface area contributed by atoms with Crippen molar-refractivity contribution in [2.24, 2.45) is 17.8 Å². The Bertz CT molecular complexity index is 935. The predicted molar refractivity (Wildman–Crippen MR) is 120 cm³/mol. The molecular weight excluding hydrogens is 386 g/mol. The molecule has 6 nitrogen and oxygen atoms in total. The molecule has 0 N–H and O–H groups in total. The largest absolute Gasteiger partial charge is 0.337 e. The number of pyridine rings is 1. The quantitative estimate of drug-likeness (QED) is 0.751. The Morgan fingerprint density at radius 1 is 1.00 bits per heavy atom. The summed E-state index contributed by atoms with van der Waals surface area (Å²) in [7, 11) is 0. The molecule has 2 bridgehead atoms. The monoisotopic (exact) mass is 421 g/mol. The molecule has 6 heteroatoms. The van der Waals surface area contributed by atoms with Gasteiger partial charge in [-0.2, -0.15) is 5.10 Å². The molecular formula is C25H35N5O. The third kappa shape index (κ3) is 3.57. The van der Waals surface area contributed by atoms with Gasteiger partial charge in [-0.1, -0.05) is 44.6 Å². The van der Waals surface area contributed by atoms with Crippen LogP contribution < -0.4 is 0 Å². The van der Waals surface area contributed by atoms with E-state index in [1.165, 1.54) is 77.1 Å². The summed E-state index contributed by atoms with van der Waals surface area (Å²) in [6, 6.07) is 7.09. The Kier molecular flexibility index (Phi) is 5.21. The Morgan fingerprint density at radius 3 is 2.74 bits per heavy atom. The molecule has 5 heterocycles. The van der Waals surface area contributed by atoms with E-state index in [-0.39, 0.29) is 5.91 Å². The molecule has 3 saturated heterocycles. The van der Waals surface area contributed by atoms with Crippen molar-refractivity contribution in [1.82, 2.24) is 24.4 Å². The molecule has 1 aliphatic carbocycles. The van der Waals surface area contributed by atoms with Crippen molar-refractivity contribution < 1.29 is 4.79 Å². The van der Waals surface area contributed by atoms with Gasteiger partial charge in [0.2, 0.25) is 0 Å². The van der Waals surface area contributed by atoms with Gasteiger partial charge in [0.25, 0.3) is 5.91 Å². The van der Waals surface area contributed by atoms with Crippen LogP contribution in [0.25, 0.3) is 5.65 Å². The third-order valence-electron chi connectivity index (χ3n) is 8.73. The number of rotatable bonds is 3. The standard InChI is InChI=1S/C25H35N5O/c31-25(22-10-6-11-24-26-17-27-30(22)24)28-15-19-14-20(16-28)23(13-18-7-2-1-3-8-18)29-12-5-4-9-21(19)29/h6,10-11,17-21,23H,1-5,7-9,12-16H2/t19-,20+,21+,23+/m1/s1.